The number of hydrogen-bond donors (Lipinski definition) is 2. The van der Waals surface area contributed by atoms with Gasteiger partial charge in [-0.25, -0.2) is 9.59 Å². The summed E-state index contributed by atoms with van der Waals surface area (Å²) in [7, 11) is 4.02. The van der Waals surface area contributed by atoms with Crippen molar-refractivity contribution < 1.29 is 23.9 Å². The van der Waals surface area contributed by atoms with Crippen LogP contribution in [0.4, 0.5) is 5.69 Å². The maximum absolute atomic E-state index is 11.8. The first-order chi connectivity index (χ1) is 13.0. The van der Waals surface area contributed by atoms with Crippen molar-refractivity contribution in [1.82, 2.24) is 5.32 Å². The van der Waals surface area contributed by atoms with Gasteiger partial charge in [0.25, 0.3) is 5.91 Å². The van der Waals surface area contributed by atoms with Gasteiger partial charge in [-0.05, 0) is 35.4 Å². The van der Waals surface area contributed by atoms with E-state index in [-0.39, 0.29) is 11.6 Å². The minimum Gasteiger partial charge on any atom is -0.466 e. The number of nitrogens with one attached hydrogen (secondary N) is 2. The van der Waals surface area contributed by atoms with Gasteiger partial charge in [0.15, 0.2) is 0 Å². The molecule has 0 unspecified atom stereocenters. The Kier molecular flexibility index (Phi) is 6.71. The van der Waals surface area contributed by atoms with Gasteiger partial charge < -0.3 is 20.1 Å². The average Bonchev–Trinajstić information content (AvgIpc) is 2.72. The highest BCUT2D eigenvalue weighted by molar-refractivity contribution is 5.99. The molecule has 0 aliphatic rings. The molecule has 0 aliphatic carbocycles. The quantitative estimate of drug-likeness (QED) is 0.601. The fourth-order valence-corrected chi connectivity index (χ4v) is 2.32. The van der Waals surface area contributed by atoms with Gasteiger partial charge in [0.1, 0.15) is 5.70 Å². The van der Waals surface area contributed by atoms with Crippen molar-refractivity contribution in [2.75, 3.05) is 26.6 Å². The molecular weight excluding hydrogens is 348 g/mol. The summed E-state index contributed by atoms with van der Waals surface area (Å²) in [5, 5.41) is 5.42. The van der Waals surface area contributed by atoms with Gasteiger partial charge in [0, 0.05) is 18.3 Å². The van der Waals surface area contributed by atoms with E-state index in [0.29, 0.717) is 11.3 Å². The van der Waals surface area contributed by atoms with Gasteiger partial charge in [0.05, 0.1) is 20.3 Å². The summed E-state index contributed by atoms with van der Waals surface area (Å²) in [4.78, 5) is 35.0. The summed E-state index contributed by atoms with van der Waals surface area (Å²) in [5.41, 5.74) is 2.87. The van der Waals surface area contributed by atoms with Crippen LogP contribution in [0.15, 0.2) is 60.3 Å². The predicted octanol–water partition coefficient (Wildman–Crippen LogP) is 2.36. The van der Waals surface area contributed by atoms with Crippen LogP contribution in [-0.2, 0) is 19.1 Å². The van der Waals surface area contributed by atoms with Gasteiger partial charge in [-0.2, -0.15) is 0 Å². The lowest BCUT2D eigenvalue weighted by atomic mass is 10.0. The first-order valence-corrected chi connectivity index (χ1v) is 8.06. The zero-order valence-corrected chi connectivity index (χ0v) is 15.2. The van der Waals surface area contributed by atoms with E-state index < -0.39 is 11.9 Å². The minimum absolute atomic E-state index is 0.0429. The van der Waals surface area contributed by atoms with Crippen LogP contribution < -0.4 is 10.6 Å². The van der Waals surface area contributed by atoms with Gasteiger partial charge in [-0.1, -0.05) is 24.3 Å². The van der Waals surface area contributed by atoms with E-state index in [2.05, 4.69) is 20.1 Å². The molecule has 140 valence electrons. The number of rotatable bonds is 6. The number of carbonyl (C=O) groups excluding carboxylic acids is 3. The van der Waals surface area contributed by atoms with Crippen molar-refractivity contribution in [3.8, 4) is 11.1 Å². The summed E-state index contributed by atoms with van der Waals surface area (Å²) in [6.07, 6.45) is 1.02. The van der Waals surface area contributed by atoms with E-state index >= 15 is 0 Å². The molecule has 7 nitrogen and oxygen atoms in total. The van der Waals surface area contributed by atoms with Gasteiger partial charge >= 0.3 is 11.9 Å². The van der Waals surface area contributed by atoms with Crippen LogP contribution in [0.3, 0.4) is 0 Å². The zero-order valence-electron chi connectivity index (χ0n) is 15.2. The third-order valence-corrected chi connectivity index (χ3v) is 3.72. The molecule has 0 fully saturated rings. The molecule has 0 radical (unpaired) electrons. The summed E-state index contributed by atoms with van der Waals surface area (Å²) in [5.74, 6) is -1.53. The fraction of sp³-hybridized carbons (Fsp3) is 0.150. The third kappa shape index (κ3) is 5.18. The van der Waals surface area contributed by atoms with Crippen LogP contribution in [0, 0.1) is 0 Å². The summed E-state index contributed by atoms with van der Waals surface area (Å²) in [6, 6.07) is 14.4. The lowest BCUT2D eigenvalue weighted by Gasteiger charge is -2.10. The molecule has 2 rings (SSSR count). The minimum atomic E-state index is -0.692. The van der Waals surface area contributed by atoms with E-state index in [4.69, 9.17) is 0 Å². The fourth-order valence-electron chi connectivity index (χ4n) is 2.32. The molecule has 2 aromatic rings. The summed E-state index contributed by atoms with van der Waals surface area (Å²) in [6.45, 7) is 0. The normalized spacial score (nSPS) is 10.7. The molecular formula is C20H20N2O5. The Morgan fingerprint density at radius 1 is 0.926 bits per heavy atom. The first kappa shape index (κ1) is 19.7. The number of amides is 1. The molecule has 0 aromatic heterocycles. The average molecular weight is 368 g/mol. The van der Waals surface area contributed by atoms with Crippen molar-refractivity contribution in [2.45, 2.75) is 0 Å². The molecule has 1 amide bonds. The summed E-state index contributed by atoms with van der Waals surface area (Å²) >= 11 is 0. The lowest BCUT2D eigenvalue weighted by Crippen LogP contribution is -2.17. The Labute approximate surface area is 157 Å². The molecule has 0 spiro atoms. The van der Waals surface area contributed by atoms with Crippen LogP contribution >= 0.6 is 0 Å². The van der Waals surface area contributed by atoms with E-state index in [1.165, 1.54) is 14.2 Å². The van der Waals surface area contributed by atoms with Crippen LogP contribution in [0.5, 0.6) is 0 Å². The largest absolute Gasteiger partial charge is 0.466 e. The maximum atomic E-state index is 11.8. The maximum Gasteiger partial charge on any atom is 0.354 e. The Morgan fingerprint density at radius 2 is 1.63 bits per heavy atom. The SMILES string of the molecule is CNC(=O)c1cccc(-c2ccc(N/C(=C/C(=O)OC)C(=O)OC)cc2)c1. The Morgan fingerprint density at radius 3 is 2.22 bits per heavy atom. The molecule has 0 saturated heterocycles. The van der Waals surface area contributed by atoms with Crippen molar-refractivity contribution >= 4 is 23.5 Å². The van der Waals surface area contributed by atoms with Gasteiger partial charge in [0.2, 0.25) is 0 Å². The molecule has 0 aliphatic heterocycles. The molecule has 0 bridgehead atoms. The number of benzene rings is 2. The van der Waals surface area contributed by atoms with Crippen molar-refractivity contribution in [2.24, 2.45) is 0 Å². The monoisotopic (exact) mass is 368 g/mol. The lowest BCUT2D eigenvalue weighted by molar-refractivity contribution is -0.138. The highest BCUT2D eigenvalue weighted by Crippen LogP contribution is 2.23. The van der Waals surface area contributed by atoms with Crippen LogP contribution in [0.25, 0.3) is 11.1 Å². The number of ether oxygens (including phenoxy) is 2. The third-order valence-electron chi connectivity index (χ3n) is 3.72. The molecule has 0 heterocycles. The topological polar surface area (TPSA) is 93.7 Å². The number of carbonyl (C=O) groups is 3. The molecule has 2 N–H and O–H groups in total. The standard InChI is InChI=1S/C20H20N2O5/c1-21-19(24)15-6-4-5-14(11-15)13-7-9-16(10-8-13)22-17(20(25)27-3)12-18(23)26-2/h4-12,22H,1-3H3,(H,21,24)/b17-12+. The first-order valence-electron chi connectivity index (χ1n) is 8.06. The Balaban J connectivity index is 2.24. The van der Waals surface area contributed by atoms with Crippen LogP contribution in [0.1, 0.15) is 10.4 Å². The smallest absolute Gasteiger partial charge is 0.354 e. The van der Waals surface area contributed by atoms with Crippen LogP contribution in [0.2, 0.25) is 0 Å². The predicted molar refractivity (Wildman–Crippen MR) is 101 cm³/mol. The van der Waals surface area contributed by atoms with Crippen molar-refractivity contribution in [3.05, 3.63) is 65.9 Å². The number of esters is 2. The molecule has 0 saturated carbocycles. The van der Waals surface area contributed by atoms with Crippen molar-refractivity contribution in [1.29, 1.82) is 0 Å². The second-order valence-corrected chi connectivity index (χ2v) is 5.44. The number of hydrogen-bond acceptors (Lipinski definition) is 6. The Hall–Kier alpha value is -3.61. The van der Waals surface area contributed by atoms with E-state index in [1.807, 2.05) is 18.2 Å². The van der Waals surface area contributed by atoms with E-state index in [1.54, 1.807) is 37.4 Å². The van der Waals surface area contributed by atoms with E-state index in [0.717, 1.165) is 17.2 Å². The van der Waals surface area contributed by atoms with E-state index in [9.17, 15) is 14.4 Å². The Bertz CT molecular complexity index is 872. The highest BCUT2D eigenvalue weighted by atomic mass is 16.5. The van der Waals surface area contributed by atoms with Crippen LogP contribution in [-0.4, -0.2) is 39.1 Å². The second-order valence-electron chi connectivity index (χ2n) is 5.44. The number of methoxy groups -OCH3 is 2. The highest BCUT2D eigenvalue weighted by Gasteiger charge is 2.13. The van der Waals surface area contributed by atoms with Crippen molar-refractivity contribution in [3.63, 3.8) is 0 Å². The molecule has 27 heavy (non-hydrogen) atoms. The van der Waals surface area contributed by atoms with Gasteiger partial charge in [-0.15, -0.1) is 0 Å². The number of anilines is 1. The molecule has 0 atom stereocenters. The molecule has 2 aromatic carbocycles. The summed E-state index contributed by atoms with van der Waals surface area (Å²) < 4.78 is 9.19. The molecule has 7 heteroatoms. The second kappa shape index (κ2) is 9.19. The van der Waals surface area contributed by atoms with Gasteiger partial charge in [-0.3, -0.25) is 4.79 Å². The zero-order chi connectivity index (χ0) is 19.8.